The number of carboxylic acid groups (broad SMARTS) is 1. The van der Waals surface area contributed by atoms with Crippen LogP contribution in [0.2, 0.25) is 0 Å². The summed E-state index contributed by atoms with van der Waals surface area (Å²) in [5, 5.41) is 10.8. The average Bonchev–Trinajstić information content (AvgIpc) is 3.31. The summed E-state index contributed by atoms with van der Waals surface area (Å²) in [5.41, 5.74) is 2.65. The molecule has 0 saturated carbocycles. The summed E-state index contributed by atoms with van der Waals surface area (Å²) < 4.78 is 2.06. The normalized spacial score (nSPS) is 19.2. The molecule has 5 nitrogen and oxygen atoms in total. The Morgan fingerprint density at radius 1 is 1.04 bits per heavy atom. The highest BCUT2D eigenvalue weighted by molar-refractivity contribution is 5.99. The number of carboxylic acids is 1. The molecule has 2 unspecified atom stereocenters. The standard InChI is InChI=1S/C23H24N2O3/c1-2-12-25-20-11-7-6-10-17(20)13-21(25)22(26)24-14-18(19(15-24)23(27)28)16-8-4-3-5-9-16/h3-11,13,18-19H,2,12,14-15H2,1H3,(H,27,28). The lowest BCUT2D eigenvalue weighted by atomic mass is 9.89. The lowest BCUT2D eigenvalue weighted by molar-refractivity contribution is -0.141. The van der Waals surface area contributed by atoms with Crippen molar-refractivity contribution >= 4 is 22.8 Å². The Labute approximate surface area is 164 Å². The molecular weight excluding hydrogens is 352 g/mol. The molecule has 2 heterocycles. The third-order valence-corrected chi connectivity index (χ3v) is 5.63. The molecule has 0 bridgehead atoms. The molecule has 4 rings (SSSR count). The Kier molecular flexibility index (Phi) is 4.90. The maximum atomic E-state index is 13.4. The molecule has 28 heavy (non-hydrogen) atoms. The van der Waals surface area contributed by atoms with Crippen LogP contribution in [0.3, 0.4) is 0 Å². The molecule has 1 fully saturated rings. The van der Waals surface area contributed by atoms with Crippen LogP contribution in [0.15, 0.2) is 60.7 Å². The SMILES string of the molecule is CCCn1c(C(=O)N2CC(C(=O)O)C(c3ccccc3)C2)cc2ccccc21. The third kappa shape index (κ3) is 3.17. The van der Waals surface area contributed by atoms with Gasteiger partial charge in [-0.2, -0.15) is 0 Å². The van der Waals surface area contributed by atoms with Crippen molar-refractivity contribution in [2.75, 3.05) is 13.1 Å². The maximum Gasteiger partial charge on any atom is 0.308 e. The first-order valence-electron chi connectivity index (χ1n) is 9.75. The van der Waals surface area contributed by atoms with Crippen LogP contribution < -0.4 is 0 Å². The van der Waals surface area contributed by atoms with Crippen molar-refractivity contribution in [1.29, 1.82) is 0 Å². The Morgan fingerprint density at radius 2 is 1.75 bits per heavy atom. The number of aliphatic carboxylic acids is 1. The second-order valence-corrected chi connectivity index (χ2v) is 7.41. The molecule has 0 spiro atoms. The van der Waals surface area contributed by atoms with Gasteiger partial charge in [-0.15, -0.1) is 0 Å². The van der Waals surface area contributed by atoms with E-state index in [9.17, 15) is 14.7 Å². The Hall–Kier alpha value is -3.08. The number of carbonyl (C=O) groups is 2. The lowest BCUT2D eigenvalue weighted by Crippen LogP contribution is -2.31. The number of aromatic nitrogens is 1. The van der Waals surface area contributed by atoms with Gasteiger partial charge in [0, 0.05) is 36.5 Å². The summed E-state index contributed by atoms with van der Waals surface area (Å²) in [4.78, 5) is 26.9. The molecule has 1 amide bonds. The van der Waals surface area contributed by atoms with Crippen molar-refractivity contribution in [3.8, 4) is 0 Å². The predicted molar refractivity (Wildman–Crippen MR) is 108 cm³/mol. The topological polar surface area (TPSA) is 62.5 Å². The van der Waals surface area contributed by atoms with Gasteiger partial charge in [0.2, 0.25) is 0 Å². The van der Waals surface area contributed by atoms with E-state index in [0.717, 1.165) is 29.4 Å². The number of nitrogens with zero attached hydrogens (tertiary/aromatic N) is 2. The van der Waals surface area contributed by atoms with Gasteiger partial charge >= 0.3 is 5.97 Å². The highest BCUT2D eigenvalue weighted by Gasteiger charge is 2.41. The summed E-state index contributed by atoms with van der Waals surface area (Å²) in [5.74, 6) is -1.71. The van der Waals surface area contributed by atoms with E-state index in [-0.39, 0.29) is 18.4 Å². The van der Waals surface area contributed by atoms with Crippen molar-refractivity contribution in [3.63, 3.8) is 0 Å². The van der Waals surface area contributed by atoms with Crippen molar-refractivity contribution in [1.82, 2.24) is 9.47 Å². The molecule has 2 atom stereocenters. The first-order valence-corrected chi connectivity index (χ1v) is 9.75. The molecule has 1 saturated heterocycles. The van der Waals surface area contributed by atoms with E-state index in [4.69, 9.17) is 0 Å². The predicted octanol–water partition coefficient (Wildman–Crippen LogP) is 3.99. The van der Waals surface area contributed by atoms with E-state index in [1.54, 1.807) is 4.90 Å². The average molecular weight is 376 g/mol. The fourth-order valence-corrected chi connectivity index (χ4v) is 4.27. The Morgan fingerprint density at radius 3 is 2.46 bits per heavy atom. The number of rotatable bonds is 5. The second kappa shape index (κ2) is 7.50. The van der Waals surface area contributed by atoms with Gasteiger partial charge in [-0.05, 0) is 24.1 Å². The van der Waals surface area contributed by atoms with Crippen LogP contribution in [0.1, 0.15) is 35.3 Å². The summed E-state index contributed by atoms with van der Waals surface area (Å²) in [7, 11) is 0. The number of fused-ring (bicyclic) bond motifs is 1. The number of likely N-dealkylation sites (tertiary alicyclic amines) is 1. The number of amides is 1. The van der Waals surface area contributed by atoms with Gasteiger partial charge in [0.25, 0.3) is 5.91 Å². The fourth-order valence-electron chi connectivity index (χ4n) is 4.27. The van der Waals surface area contributed by atoms with Gasteiger partial charge in [-0.25, -0.2) is 0 Å². The molecular formula is C23H24N2O3. The largest absolute Gasteiger partial charge is 0.481 e. The quantitative estimate of drug-likeness (QED) is 0.732. The van der Waals surface area contributed by atoms with Gasteiger partial charge in [0.15, 0.2) is 0 Å². The minimum absolute atomic E-state index is 0.0886. The minimum Gasteiger partial charge on any atom is -0.481 e. The van der Waals surface area contributed by atoms with Crippen LogP contribution in [-0.4, -0.2) is 39.5 Å². The van der Waals surface area contributed by atoms with Gasteiger partial charge < -0.3 is 14.6 Å². The Bertz CT molecular complexity index is 1010. The number of para-hydroxylation sites is 1. The number of benzene rings is 2. The van der Waals surface area contributed by atoms with Crippen LogP contribution in [0.25, 0.3) is 10.9 Å². The van der Waals surface area contributed by atoms with Gasteiger partial charge in [-0.3, -0.25) is 9.59 Å². The minimum atomic E-state index is -0.849. The smallest absolute Gasteiger partial charge is 0.308 e. The third-order valence-electron chi connectivity index (χ3n) is 5.63. The monoisotopic (exact) mass is 376 g/mol. The van der Waals surface area contributed by atoms with E-state index >= 15 is 0 Å². The maximum absolute atomic E-state index is 13.4. The van der Waals surface area contributed by atoms with Crippen LogP contribution in [0.5, 0.6) is 0 Å². The first-order chi connectivity index (χ1) is 13.6. The number of hydrogen-bond donors (Lipinski definition) is 1. The fraction of sp³-hybridized carbons (Fsp3) is 0.304. The summed E-state index contributed by atoms with van der Waals surface area (Å²) >= 11 is 0. The molecule has 1 N–H and O–H groups in total. The zero-order valence-corrected chi connectivity index (χ0v) is 15.9. The molecule has 2 aromatic carbocycles. The summed E-state index contributed by atoms with van der Waals surface area (Å²) in [6, 6.07) is 19.5. The summed E-state index contributed by atoms with van der Waals surface area (Å²) in [6.07, 6.45) is 0.920. The van der Waals surface area contributed by atoms with Crippen molar-refractivity contribution in [2.24, 2.45) is 5.92 Å². The Balaban J connectivity index is 1.68. The molecule has 0 aliphatic carbocycles. The van der Waals surface area contributed by atoms with Gasteiger partial charge in [0.1, 0.15) is 5.69 Å². The molecule has 3 aromatic rings. The lowest BCUT2D eigenvalue weighted by Gasteiger charge is -2.18. The van der Waals surface area contributed by atoms with Gasteiger partial charge in [0.05, 0.1) is 5.92 Å². The van der Waals surface area contributed by atoms with Crippen LogP contribution >= 0.6 is 0 Å². The van der Waals surface area contributed by atoms with E-state index in [1.807, 2.05) is 60.7 Å². The zero-order valence-electron chi connectivity index (χ0n) is 15.9. The molecule has 144 valence electrons. The van der Waals surface area contributed by atoms with E-state index in [2.05, 4.69) is 11.5 Å². The number of aryl methyl sites for hydroxylation is 1. The molecule has 1 aromatic heterocycles. The highest BCUT2D eigenvalue weighted by atomic mass is 16.4. The molecule has 0 radical (unpaired) electrons. The van der Waals surface area contributed by atoms with Crippen LogP contribution in [0.4, 0.5) is 0 Å². The van der Waals surface area contributed by atoms with Crippen molar-refractivity contribution in [2.45, 2.75) is 25.8 Å². The van der Waals surface area contributed by atoms with E-state index in [1.165, 1.54) is 0 Å². The van der Waals surface area contributed by atoms with Gasteiger partial charge in [-0.1, -0.05) is 55.5 Å². The van der Waals surface area contributed by atoms with Crippen molar-refractivity contribution in [3.05, 3.63) is 71.9 Å². The van der Waals surface area contributed by atoms with E-state index in [0.29, 0.717) is 12.2 Å². The zero-order chi connectivity index (χ0) is 19.7. The number of hydrogen-bond acceptors (Lipinski definition) is 2. The summed E-state index contributed by atoms with van der Waals surface area (Å²) in [6.45, 7) is 3.51. The second-order valence-electron chi connectivity index (χ2n) is 7.41. The molecule has 1 aliphatic rings. The molecule has 5 heteroatoms. The highest BCUT2D eigenvalue weighted by Crippen LogP contribution is 2.34. The van der Waals surface area contributed by atoms with E-state index < -0.39 is 11.9 Å². The first kappa shape index (κ1) is 18.3. The van der Waals surface area contributed by atoms with Crippen molar-refractivity contribution < 1.29 is 14.7 Å². The molecule has 1 aliphatic heterocycles. The van der Waals surface area contributed by atoms with Crippen LogP contribution in [0, 0.1) is 5.92 Å². The van der Waals surface area contributed by atoms with Crippen LogP contribution in [-0.2, 0) is 11.3 Å². The number of carbonyl (C=O) groups excluding carboxylic acids is 1.